The fourth-order valence-electron chi connectivity index (χ4n) is 0.946. The van der Waals surface area contributed by atoms with E-state index < -0.39 is 4.92 Å². The standard InChI is InChI=1S/C8H7ClN2O3/c9-7-3-5(11(12)13)4-10-8(7)14-6-1-2-6/h3-4,6H,1-2H2. The third-order valence-electron chi connectivity index (χ3n) is 1.81. The Kier molecular flexibility index (Phi) is 2.25. The summed E-state index contributed by atoms with van der Waals surface area (Å²) in [5, 5.41) is 10.6. The van der Waals surface area contributed by atoms with Crippen molar-refractivity contribution in [3.63, 3.8) is 0 Å². The summed E-state index contributed by atoms with van der Waals surface area (Å²) in [6.07, 6.45) is 3.31. The number of nitrogens with zero attached hydrogens (tertiary/aromatic N) is 2. The first kappa shape index (κ1) is 9.21. The average molecular weight is 215 g/mol. The van der Waals surface area contributed by atoms with Crippen LogP contribution in [0.4, 0.5) is 5.69 Å². The van der Waals surface area contributed by atoms with Gasteiger partial charge in [0.2, 0.25) is 5.88 Å². The van der Waals surface area contributed by atoms with Crippen molar-refractivity contribution >= 4 is 17.3 Å². The van der Waals surface area contributed by atoms with E-state index in [0.717, 1.165) is 19.0 Å². The van der Waals surface area contributed by atoms with Gasteiger partial charge in [-0.15, -0.1) is 0 Å². The van der Waals surface area contributed by atoms with Crippen molar-refractivity contribution in [2.24, 2.45) is 0 Å². The van der Waals surface area contributed by atoms with Crippen LogP contribution in [0.2, 0.25) is 5.02 Å². The molecule has 0 saturated heterocycles. The molecule has 1 aromatic heterocycles. The topological polar surface area (TPSA) is 65.3 Å². The molecule has 0 N–H and O–H groups in total. The molecule has 0 unspecified atom stereocenters. The third-order valence-corrected chi connectivity index (χ3v) is 2.08. The minimum Gasteiger partial charge on any atom is -0.473 e. The highest BCUT2D eigenvalue weighted by atomic mass is 35.5. The molecule has 6 heteroatoms. The van der Waals surface area contributed by atoms with Gasteiger partial charge in [0.15, 0.2) is 0 Å². The van der Waals surface area contributed by atoms with E-state index in [-0.39, 0.29) is 22.7 Å². The Labute approximate surface area is 84.8 Å². The van der Waals surface area contributed by atoms with Crippen molar-refractivity contribution in [2.75, 3.05) is 0 Å². The van der Waals surface area contributed by atoms with Crippen LogP contribution in [0.25, 0.3) is 0 Å². The second kappa shape index (κ2) is 3.42. The lowest BCUT2D eigenvalue weighted by atomic mass is 10.4. The van der Waals surface area contributed by atoms with Crippen LogP contribution in [0.5, 0.6) is 5.88 Å². The molecule has 5 nitrogen and oxygen atoms in total. The summed E-state index contributed by atoms with van der Waals surface area (Å²) in [4.78, 5) is 13.6. The van der Waals surface area contributed by atoms with Crippen molar-refractivity contribution in [3.05, 3.63) is 27.4 Å². The zero-order valence-electron chi connectivity index (χ0n) is 7.14. The molecule has 0 radical (unpaired) electrons. The predicted octanol–water partition coefficient (Wildman–Crippen LogP) is 2.18. The first-order chi connectivity index (χ1) is 6.66. The molecule has 1 aliphatic rings. The third kappa shape index (κ3) is 1.93. The second-order valence-corrected chi connectivity index (χ2v) is 3.46. The number of halogens is 1. The molecule has 0 aromatic carbocycles. The number of nitro groups is 1. The molecule has 1 aromatic rings. The highest BCUT2D eigenvalue weighted by Gasteiger charge is 2.25. The second-order valence-electron chi connectivity index (χ2n) is 3.05. The Morgan fingerprint density at radius 3 is 2.86 bits per heavy atom. The minimum absolute atomic E-state index is 0.127. The molecule has 74 valence electrons. The highest BCUT2D eigenvalue weighted by molar-refractivity contribution is 6.32. The van der Waals surface area contributed by atoms with E-state index in [1.54, 1.807) is 0 Å². The van der Waals surface area contributed by atoms with Crippen molar-refractivity contribution in [1.29, 1.82) is 0 Å². The van der Waals surface area contributed by atoms with Gasteiger partial charge in [-0.2, -0.15) is 0 Å². The van der Waals surface area contributed by atoms with Gasteiger partial charge < -0.3 is 4.74 Å². The summed E-state index contributed by atoms with van der Waals surface area (Å²) >= 11 is 5.75. The molecule has 1 saturated carbocycles. The zero-order chi connectivity index (χ0) is 10.1. The molecule has 1 heterocycles. The molecule has 0 spiro atoms. The minimum atomic E-state index is -0.542. The van der Waals surface area contributed by atoms with Crippen LogP contribution >= 0.6 is 11.6 Å². The van der Waals surface area contributed by atoms with Gasteiger partial charge in [0, 0.05) is 6.07 Å². The van der Waals surface area contributed by atoms with Crippen LogP contribution in [0.15, 0.2) is 12.3 Å². The van der Waals surface area contributed by atoms with E-state index >= 15 is 0 Å². The number of aromatic nitrogens is 1. The van der Waals surface area contributed by atoms with Crippen LogP contribution in [0, 0.1) is 10.1 Å². The van der Waals surface area contributed by atoms with Crippen LogP contribution in [0.1, 0.15) is 12.8 Å². The van der Waals surface area contributed by atoms with Gasteiger partial charge in [-0.25, -0.2) is 4.98 Å². The summed E-state index contributed by atoms with van der Waals surface area (Å²) in [6.45, 7) is 0. The Balaban J connectivity index is 2.21. The fraction of sp³-hybridized carbons (Fsp3) is 0.375. The fourth-order valence-corrected chi connectivity index (χ4v) is 1.15. The van der Waals surface area contributed by atoms with E-state index in [9.17, 15) is 10.1 Å². The maximum absolute atomic E-state index is 10.4. The van der Waals surface area contributed by atoms with Gasteiger partial charge in [0.05, 0.1) is 4.92 Å². The predicted molar refractivity (Wildman–Crippen MR) is 49.6 cm³/mol. The maximum Gasteiger partial charge on any atom is 0.289 e. The molecule has 1 fully saturated rings. The molecule has 0 bridgehead atoms. The Morgan fingerprint density at radius 1 is 1.64 bits per heavy atom. The lowest BCUT2D eigenvalue weighted by Gasteiger charge is -2.03. The van der Waals surface area contributed by atoms with Crippen LogP contribution < -0.4 is 4.74 Å². The molecule has 2 rings (SSSR count). The van der Waals surface area contributed by atoms with E-state index in [4.69, 9.17) is 16.3 Å². The molecule has 1 aliphatic carbocycles. The van der Waals surface area contributed by atoms with Gasteiger partial charge in [-0.3, -0.25) is 10.1 Å². The summed E-state index contributed by atoms with van der Waals surface area (Å²) in [5.74, 6) is 0.278. The average Bonchev–Trinajstić information content (AvgIpc) is 2.92. The molecule has 14 heavy (non-hydrogen) atoms. The smallest absolute Gasteiger partial charge is 0.289 e. The van der Waals surface area contributed by atoms with Crippen molar-refractivity contribution < 1.29 is 9.66 Å². The van der Waals surface area contributed by atoms with E-state index in [1.807, 2.05) is 0 Å². The Morgan fingerprint density at radius 2 is 2.36 bits per heavy atom. The molecular formula is C8H7ClN2O3. The molecule has 0 amide bonds. The monoisotopic (exact) mass is 214 g/mol. The quantitative estimate of drug-likeness (QED) is 0.571. The first-order valence-electron chi connectivity index (χ1n) is 4.13. The van der Waals surface area contributed by atoms with Crippen LogP contribution in [-0.2, 0) is 0 Å². The number of hydrogen-bond acceptors (Lipinski definition) is 4. The van der Waals surface area contributed by atoms with Gasteiger partial charge in [-0.1, -0.05) is 11.6 Å². The number of ether oxygens (including phenoxy) is 1. The van der Waals surface area contributed by atoms with Gasteiger partial charge in [0.25, 0.3) is 5.69 Å². The van der Waals surface area contributed by atoms with Crippen LogP contribution in [0.3, 0.4) is 0 Å². The zero-order valence-corrected chi connectivity index (χ0v) is 7.90. The lowest BCUT2D eigenvalue weighted by molar-refractivity contribution is -0.385. The normalized spacial score (nSPS) is 15.2. The number of pyridine rings is 1. The van der Waals surface area contributed by atoms with Gasteiger partial charge in [0.1, 0.15) is 17.3 Å². The summed E-state index contributed by atoms with van der Waals surface area (Å²) in [5.41, 5.74) is -0.127. The first-order valence-corrected chi connectivity index (χ1v) is 4.51. The lowest BCUT2D eigenvalue weighted by Crippen LogP contribution is -1.99. The van der Waals surface area contributed by atoms with Gasteiger partial charge in [-0.05, 0) is 12.8 Å². The van der Waals surface area contributed by atoms with Crippen molar-refractivity contribution in [3.8, 4) is 5.88 Å². The SMILES string of the molecule is O=[N+]([O-])c1cnc(OC2CC2)c(Cl)c1. The molecule has 0 atom stereocenters. The van der Waals surface area contributed by atoms with E-state index in [2.05, 4.69) is 4.98 Å². The summed E-state index contributed by atoms with van der Waals surface area (Å²) < 4.78 is 5.33. The summed E-state index contributed by atoms with van der Waals surface area (Å²) in [6, 6.07) is 1.24. The molecule has 0 aliphatic heterocycles. The highest BCUT2D eigenvalue weighted by Crippen LogP contribution is 2.31. The number of hydrogen-bond donors (Lipinski definition) is 0. The number of rotatable bonds is 3. The summed E-state index contributed by atoms with van der Waals surface area (Å²) in [7, 11) is 0. The maximum atomic E-state index is 10.4. The van der Waals surface area contributed by atoms with Crippen molar-refractivity contribution in [2.45, 2.75) is 18.9 Å². The van der Waals surface area contributed by atoms with Gasteiger partial charge >= 0.3 is 0 Å². The van der Waals surface area contributed by atoms with Crippen molar-refractivity contribution in [1.82, 2.24) is 4.98 Å². The van der Waals surface area contributed by atoms with Crippen LogP contribution in [-0.4, -0.2) is 16.0 Å². The van der Waals surface area contributed by atoms with E-state index in [0.29, 0.717) is 0 Å². The largest absolute Gasteiger partial charge is 0.473 e. The van der Waals surface area contributed by atoms with E-state index in [1.165, 1.54) is 6.07 Å². The Hall–Kier alpha value is -1.36. The Bertz CT molecular complexity index is 379. The molecular weight excluding hydrogens is 208 g/mol.